The highest BCUT2D eigenvalue weighted by atomic mass is 15.1. The number of nitrogens with zero attached hydrogens (tertiary/aromatic N) is 1. The molecule has 0 unspecified atom stereocenters. The van der Waals surface area contributed by atoms with Crippen LogP contribution in [0.2, 0.25) is 0 Å². The number of fused-ring (bicyclic) bond motifs is 1. The van der Waals surface area contributed by atoms with Gasteiger partial charge in [0.25, 0.3) is 0 Å². The molecule has 0 spiro atoms. The van der Waals surface area contributed by atoms with E-state index in [1.54, 1.807) is 0 Å². The average molecular weight is 453 g/mol. The molecule has 1 N–H and O–H groups in total. The fraction of sp³-hybridized carbons (Fsp3) is 0.312. The molecule has 34 heavy (non-hydrogen) atoms. The van der Waals surface area contributed by atoms with Crippen molar-refractivity contribution in [2.24, 2.45) is 0 Å². The van der Waals surface area contributed by atoms with Crippen molar-refractivity contribution in [2.45, 2.75) is 53.4 Å². The molecule has 0 saturated carbocycles. The number of hydrogen-bond donors (Lipinski definition) is 1. The lowest BCUT2D eigenvalue weighted by molar-refractivity contribution is 0.583. The SMILES string of the molecule is C=C(C)NC(=C)/C(=C\C)c1cc(-c2ccc3cc(N(C)C)ccc3c2)c(CC)c(C(C)(C)C)c1. The second kappa shape index (κ2) is 9.93. The van der Waals surface area contributed by atoms with E-state index in [4.69, 9.17) is 0 Å². The van der Waals surface area contributed by atoms with Crippen LogP contribution in [0.4, 0.5) is 5.69 Å². The van der Waals surface area contributed by atoms with Gasteiger partial charge in [-0.05, 0) is 88.5 Å². The van der Waals surface area contributed by atoms with Crippen LogP contribution in [0, 0.1) is 0 Å². The second-order valence-corrected chi connectivity index (χ2v) is 10.4. The molecular weight excluding hydrogens is 412 g/mol. The van der Waals surface area contributed by atoms with Crippen LogP contribution in [-0.2, 0) is 11.8 Å². The van der Waals surface area contributed by atoms with E-state index in [1.807, 2.05) is 6.92 Å². The van der Waals surface area contributed by atoms with E-state index in [1.165, 1.54) is 44.3 Å². The lowest BCUT2D eigenvalue weighted by atomic mass is 9.78. The van der Waals surface area contributed by atoms with Gasteiger partial charge in [0, 0.05) is 36.7 Å². The number of nitrogens with one attached hydrogen (secondary N) is 1. The minimum Gasteiger partial charge on any atom is -0.378 e. The van der Waals surface area contributed by atoms with Gasteiger partial charge in [-0.3, -0.25) is 0 Å². The Bertz CT molecular complexity index is 1270. The van der Waals surface area contributed by atoms with Gasteiger partial charge in [0.2, 0.25) is 0 Å². The highest BCUT2D eigenvalue weighted by Gasteiger charge is 2.22. The zero-order chi connectivity index (χ0) is 25.2. The summed E-state index contributed by atoms with van der Waals surface area (Å²) < 4.78 is 0. The molecule has 0 aromatic heterocycles. The van der Waals surface area contributed by atoms with E-state index in [0.29, 0.717) is 0 Å². The van der Waals surface area contributed by atoms with Crippen LogP contribution in [0.5, 0.6) is 0 Å². The van der Waals surface area contributed by atoms with Crippen molar-refractivity contribution in [3.63, 3.8) is 0 Å². The molecule has 0 fully saturated rings. The van der Waals surface area contributed by atoms with Gasteiger partial charge in [-0.2, -0.15) is 0 Å². The van der Waals surface area contributed by atoms with Crippen LogP contribution in [0.3, 0.4) is 0 Å². The first-order chi connectivity index (χ1) is 16.0. The van der Waals surface area contributed by atoms with Crippen molar-refractivity contribution in [1.82, 2.24) is 5.32 Å². The molecule has 2 nitrogen and oxygen atoms in total. The molecule has 0 aliphatic heterocycles. The summed E-state index contributed by atoms with van der Waals surface area (Å²) in [6, 6.07) is 18.2. The lowest BCUT2D eigenvalue weighted by Gasteiger charge is -2.27. The first kappa shape index (κ1) is 25.4. The molecule has 0 aliphatic rings. The maximum Gasteiger partial charge on any atom is 0.0384 e. The fourth-order valence-electron chi connectivity index (χ4n) is 4.65. The van der Waals surface area contributed by atoms with E-state index in [-0.39, 0.29) is 5.41 Å². The van der Waals surface area contributed by atoms with Crippen molar-refractivity contribution in [1.29, 1.82) is 0 Å². The summed E-state index contributed by atoms with van der Waals surface area (Å²) in [7, 11) is 4.16. The molecule has 178 valence electrons. The topological polar surface area (TPSA) is 15.3 Å². The monoisotopic (exact) mass is 452 g/mol. The first-order valence-electron chi connectivity index (χ1n) is 12.1. The predicted molar refractivity (Wildman–Crippen MR) is 153 cm³/mol. The largest absolute Gasteiger partial charge is 0.378 e. The first-order valence-corrected chi connectivity index (χ1v) is 12.1. The van der Waals surface area contributed by atoms with Gasteiger partial charge in [-0.15, -0.1) is 0 Å². The van der Waals surface area contributed by atoms with Gasteiger partial charge < -0.3 is 10.2 Å². The van der Waals surface area contributed by atoms with E-state index >= 15 is 0 Å². The summed E-state index contributed by atoms with van der Waals surface area (Å²) in [4.78, 5) is 2.14. The maximum absolute atomic E-state index is 4.30. The highest BCUT2D eigenvalue weighted by Crippen LogP contribution is 2.38. The Kier molecular flexibility index (Phi) is 7.41. The van der Waals surface area contributed by atoms with Crippen molar-refractivity contribution in [3.8, 4) is 11.1 Å². The van der Waals surface area contributed by atoms with Crippen molar-refractivity contribution in [2.75, 3.05) is 19.0 Å². The summed E-state index contributed by atoms with van der Waals surface area (Å²) in [6.07, 6.45) is 3.12. The molecular formula is C32H40N2. The van der Waals surface area contributed by atoms with E-state index < -0.39 is 0 Å². The smallest absolute Gasteiger partial charge is 0.0384 e. The third-order valence-electron chi connectivity index (χ3n) is 6.35. The zero-order valence-electron chi connectivity index (χ0n) is 22.3. The van der Waals surface area contributed by atoms with Crippen LogP contribution in [-0.4, -0.2) is 14.1 Å². The van der Waals surface area contributed by atoms with E-state index in [0.717, 1.165) is 23.4 Å². The molecule has 2 heteroatoms. The molecule has 0 heterocycles. The number of anilines is 1. The average Bonchev–Trinajstić information content (AvgIpc) is 2.77. The Balaban J connectivity index is 2.27. The Labute approximate surface area is 206 Å². The van der Waals surface area contributed by atoms with Crippen molar-refractivity contribution in [3.05, 3.63) is 95.8 Å². The Morgan fingerprint density at radius 3 is 2.18 bits per heavy atom. The van der Waals surface area contributed by atoms with Crippen LogP contribution < -0.4 is 10.2 Å². The van der Waals surface area contributed by atoms with Gasteiger partial charge in [0.15, 0.2) is 0 Å². The summed E-state index contributed by atoms with van der Waals surface area (Å²) in [6.45, 7) is 21.5. The molecule has 0 saturated heterocycles. The van der Waals surface area contributed by atoms with Crippen LogP contribution in [0.25, 0.3) is 27.5 Å². The Morgan fingerprint density at radius 1 is 0.971 bits per heavy atom. The summed E-state index contributed by atoms with van der Waals surface area (Å²) in [5.74, 6) is 0. The minimum atomic E-state index is 0.0233. The number of hydrogen-bond acceptors (Lipinski definition) is 2. The zero-order valence-corrected chi connectivity index (χ0v) is 22.3. The van der Waals surface area contributed by atoms with Gasteiger partial charge in [-0.1, -0.05) is 71.2 Å². The Morgan fingerprint density at radius 2 is 1.62 bits per heavy atom. The summed E-state index contributed by atoms with van der Waals surface area (Å²) >= 11 is 0. The predicted octanol–water partition coefficient (Wildman–Crippen LogP) is 8.47. The summed E-state index contributed by atoms with van der Waals surface area (Å²) in [5.41, 5.74) is 10.6. The molecule has 3 aromatic rings. The molecule has 0 aliphatic carbocycles. The molecule has 3 aromatic carbocycles. The van der Waals surface area contributed by atoms with Gasteiger partial charge in [0.05, 0.1) is 0 Å². The number of benzene rings is 3. The van der Waals surface area contributed by atoms with Gasteiger partial charge in [-0.25, -0.2) is 0 Å². The normalized spacial score (nSPS) is 12.1. The van der Waals surface area contributed by atoms with E-state index in [2.05, 4.69) is 127 Å². The van der Waals surface area contributed by atoms with Crippen LogP contribution in [0.1, 0.15) is 58.2 Å². The van der Waals surface area contributed by atoms with E-state index in [9.17, 15) is 0 Å². The second-order valence-electron chi connectivity index (χ2n) is 10.4. The van der Waals surface area contributed by atoms with Crippen LogP contribution >= 0.6 is 0 Å². The molecule has 3 rings (SSSR count). The third kappa shape index (κ3) is 5.28. The fourth-order valence-corrected chi connectivity index (χ4v) is 4.65. The highest BCUT2D eigenvalue weighted by molar-refractivity contribution is 5.91. The maximum atomic E-state index is 4.30. The van der Waals surface area contributed by atoms with Gasteiger partial charge in [0.1, 0.15) is 0 Å². The minimum absolute atomic E-state index is 0.0233. The Hall–Kier alpha value is -3.26. The summed E-state index contributed by atoms with van der Waals surface area (Å²) in [5, 5.41) is 5.83. The van der Waals surface area contributed by atoms with Gasteiger partial charge >= 0.3 is 0 Å². The number of allylic oxidation sites excluding steroid dienone is 3. The quantitative estimate of drug-likeness (QED) is 0.362. The molecule has 0 radical (unpaired) electrons. The third-order valence-corrected chi connectivity index (χ3v) is 6.35. The molecule has 0 amide bonds. The van der Waals surface area contributed by atoms with Crippen molar-refractivity contribution < 1.29 is 0 Å². The molecule has 0 bridgehead atoms. The standard InChI is InChI=1S/C32H40N2/c1-11-28(22(5)33-21(3)4)26-19-30(29(12-2)31(20-26)32(6,7)8)25-14-13-24-18-27(34(9)10)16-15-23(24)17-25/h11,13-20,33H,3,5,12H2,1-2,4,6-10H3/b28-11+. The molecule has 0 atom stereocenters. The van der Waals surface area contributed by atoms with Crippen LogP contribution in [0.15, 0.2) is 79.2 Å². The number of rotatable bonds is 7. The van der Waals surface area contributed by atoms with Crippen molar-refractivity contribution >= 4 is 22.0 Å². The lowest BCUT2D eigenvalue weighted by Crippen LogP contribution is -2.16.